The van der Waals surface area contributed by atoms with E-state index in [1.165, 1.54) is 0 Å². The molecule has 0 radical (unpaired) electrons. The summed E-state index contributed by atoms with van der Waals surface area (Å²) in [6, 6.07) is 17.1. The van der Waals surface area contributed by atoms with Gasteiger partial charge >= 0.3 is 0 Å². The van der Waals surface area contributed by atoms with Gasteiger partial charge in [-0.25, -0.2) is 0 Å². The molecule has 1 aliphatic rings. The standard InChI is InChI=1S/C21H17ClN4O3/c1-27-17-7-5-13(6-8-17)19-11-26-16(12-28-19)10-18(24-26)21-23-20(25-29-21)14-3-2-4-15(22)9-14/h2-10,19H,11-12H2,1H3. The second-order valence-corrected chi connectivity index (χ2v) is 7.15. The van der Waals surface area contributed by atoms with Crippen molar-refractivity contribution < 1.29 is 14.0 Å². The molecule has 0 spiro atoms. The molecule has 2 aromatic carbocycles. The number of methoxy groups -OCH3 is 1. The van der Waals surface area contributed by atoms with Crippen LogP contribution >= 0.6 is 11.6 Å². The molecule has 0 aliphatic carbocycles. The van der Waals surface area contributed by atoms with E-state index in [0.29, 0.717) is 35.6 Å². The first-order chi connectivity index (χ1) is 14.2. The molecule has 3 heterocycles. The van der Waals surface area contributed by atoms with E-state index in [4.69, 9.17) is 25.6 Å². The topological polar surface area (TPSA) is 75.2 Å². The molecular formula is C21H17ClN4O3. The largest absolute Gasteiger partial charge is 0.497 e. The van der Waals surface area contributed by atoms with Crippen LogP contribution in [0.3, 0.4) is 0 Å². The van der Waals surface area contributed by atoms with Gasteiger partial charge < -0.3 is 14.0 Å². The fourth-order valence-corrected chi connectivity index (χ4v) is 3.51. The van der Waals surface area contributed by atoms with E-state index in [2.05, 4.69) is 15.2 Å². The van der Waals surface area contributed by atoms with E-state index in [9.17, 15) is 0 Å². The predicted molar refractivity (Wildman–Crippen MR) is 106 cm³/mol. The molecule has 29 heavy (non-hydrogen) atoms. The summed E-state index contributed by atoms with van der Waals surface area (Å²) < 4.78 is 18.6. The fraction of sp³-hybridized carbons (Fsp3) is 0.190. The summed E-state index contributed by atoms with van der Waals surface area (Å²) in [6.45, 7) is 1.07. The molecule has 7 nitrogen and oxygen atoms in total. The minimum Gasteiger partial charge on any atom is -0.497 e. The lowest BCUT2D eigenvalue weighted by Gasteiger charge is -2.24. The number of nitrogens with zero attached hydrogens (tertiary/aromatic N) is 4. The van der Waals surface area contributed by atoms with Crippen LogP contribution in [0.5, 0.6) is 5.75 Å². The molecule has 0 bridgehead atoms. The molecule has 0 fully saturated rings. The molecule has 0 saturated carbocycles. The van der Waals surface area contributed by atoms with Crippen LogP contribution < -0.4 is 4.74 Å². The van der Waals surface area contributed by atoms with Crippen LogP contribution in [0.25, 0.3) is 23.0 Å². The maximum atomic E-state index is 6.05. The Bertz CT molecular complexity index is 1150. The van der Waals surface area contributed by atoms with Gasteiger partial charge in [0.25, 0.3) is 5.89 Å². The molecule has 8 heteroatoms. The summed E-state index contributed by atoms with van der Waals surface area (Å²) in [5, 5.41) is 9.32. The molecule has 0 N–H and O–H groups in total. The van der Waals surface area contributed by atoms with Gasteiger partial charge in [-0.15, -0.1) is 0 Å². The third kappa shape index (κ3) is 3.50. The van der Waals surface area contributed by atoms with Gasteiger partial charge in [-0.3, -0.25) is 4.68 Å². The van der Waals surface area contributed by atoms with Gasteiger partial charge in [-0.1, -0.05) is 41.0 Å². The van der Waals surface area contributed by atoms with Crippen LogP contribution in [-0.2, 0) is 17.9 Å². The quantitative estimate of drug-likeness (QED) is 0.493. The first-order valence-corrected chi connectivity index (χ1v) is 9.50. The maximum absolute atomic E-state index is 6.05. The number of hydrogen-bond acceptors (Lipinski definition) is 6. The smallest absolute Gasteiger partial charge is 0.278 e. The Hall–Kier alpha value is -3.16. The fourth-order valence-electron chi connectivity index (χ4n) is 3.32. The minimum absolute atomic E-state index is 0.0779. The maximum Gasteiger partial charge on any atom is 0.278 e. The summed E-state index contributed by atoms with van der Waals surface area (Å²) in [5.41, 5.74) is 3.46. The number of hydrogen-bond donors (Lipinski definition) is 0. The normalized spacial score (nSPS) is 15.9. The monoisotopic (exact) mass is 408 g/mol. The first-order valence-electron chi connectivity index (χ1n) is 9.12. The van der Waals surface area contributed by atoms with Crippen molar-refractivity contribution in [2.45, 2.75) is 19.3 Å². The average Bonchev–Trinajstić information content (AvgIpc) is 3.40. The highest BCUT2D eigenvalue weighted by atomic mass is 35.5. The van der Waals surface area contributed by atoms with Crippen molar-refractivity contribution in [3.63, 3.8) is 0 Å². The SMILES string of the molecule is COc1ccc(C2Cn3nc(-c4nc(-c5cccc(Cl)c5)no4)cc3CO2)cc1. The van der Waals surface area contributed by atoms with E-state index in [0.717, 1.165) is 22.6 Å². The highest BCUT2D eigenvalue weighted by Gasteiger charge is 2.24. The van der Waals surface area contributed by atoms with Crippen molar-refractivity contribution in [2.75, 3.05) is 7.11 Å². The lowest BCUT2D eigenvalue weighted by molar-refractivity contribution is -0.00115. The molecule has 1 unspecified atom stereocenters. The third-order valence-corrected chi connectivity index (χ3v) is 5.09. The highest BCUT2D eigenvalue weighted by Crippen LogP contribution is 2.30. The van der Waals surface area contributed by atoms with E-state index >= 15 is 0 Å². The van der Waals surface area contributed by atoms with Gasteiger partial charge in [0.2, 0.25) is 5.82 Å². The molecule has 0 amide bonds. The van der Waals surface area contributed by atoms with Gasteiger partial charge in [0.15, 0.2) is 5.69 Å². The van der Waals surface area contributed by atoms with Crippen LogP contribution in [0.1, 0.15) is 17.4 Å². The van der Waals surface area contributed by atoms with E-state index in [1.807, 2.05) is 47.1 Å². The van der Waals surface area contributed by atoms with E-state index in [-0.39, 0.29) is 6.10 Å². The zero-order valence-corrected chi connectivity index (χ0v) is 16.3. The Labute approximate surface area is 171 Å². The number of halogens is 1. The van der Waals surface area contributed by atoms with Crippen molar-refractivity contribution in [1.82, 2.24) is 19.9 Å². The second-order valence-electron chi connectivity index (χ2n) is 6.71. The lowest BCUT2D eigenvalue weighted by atomic mass is 10.1. The van der Waals surface area contributed by atoms with E-state index < -0.39 is 0 Å². The summed E-state index contributed by atoms with van der Waals surface area (Å²) >= 11 is 6.05. The van der Waals surface area contributed by atoms with Gasteiger partial charge in [-0.2, -0.15) is 10.1 Å². The van der Waals surface area contributed by atoms with Gasteiger partial charge in [0.05, 0.1) is 26.0 Å². The zero-order chi connectivity index (χ0) is 19.8. The summed E-state index contributed by atoms with van der Waals surface area (Å²) in [7, 11) is 1.65. The Balaban J connectivity index is 1.38. The lowest BCUT2D eigenvalue weighted by Crippen LogP contribution is -2.21. The predicted octanol–water partition coefficient (Wildman–Crippen LogP) is 4.53. The van der Waals surface area contributed by atoms with Gasteiger partial charge in [0, 0.05) is 10.6 Å². The van der Waals surface area contributed by atoms with Crippen LogP contribution in [-0.4, -0.2) is 27.0 Å². The van der Waals surface area contributed by atoms with Crippen LogP contribution in [0, 0.1) is 0 Å². The van der Waals surface area contributed by atoms with Crippen LogP contribution in [0.4, 0.5) is 0 Å². The number of fused-ring (bicyclic) bond motifs is 1. The Kier molecular flexibility index (Phi) is 4.54. The van der Waals surface area contributed by atoms with Crippen molar-refractivity contribution >= 4 is 11.6 Å². The third-order valence-electron chi connectivity index (χ3n) is 4.85. The van der Waals surface area contributed by atoms with Crippen molar-refractivity contribution in [3.05, 3.63) is 70.9 Å². The Morgan fingerprint density at radius 2 is 2.00 bits per heavy atom. The van der Waals surface area contributed by atoms with Crippen LogP contribution in [0.2, 0.25) is 5.02 Å². The molecule has 1 atom stereocenters. The number of rotatable bonds is 4. The number of ether oxygens (including phenoxy) is 2. The van der Waals surface area contributed by atoms with E-state index in [1.54, 1.807) is 19.2 Å². The van der Waals surface area contributed by atoms with Crippen molar-refractivity contribution in [1.29, 1.82) is 0 Å². The molecule has 0 saturated heterocycles. The first kappa shape index (κ1) is 17.9. The molecule has 4 aromatic rings. The van der Waals surface area contributed by atoms with Gasteiger partial charge in [-0.05, 0) is 35.9 Å². The number of aromatic nitrogens is 4. The summed E-state index contributed by atoms with van der Waals surface area (Å²) in [6.07, 6.45) is -0.0779. The molecule has 5 rings (SSSR count). The summed E-state index contributed by atoms with van der Waals surface area (Å²) in [4.78, 5) is 4.46. The zero-order valence-electron chi connectivity index (χ0n) is 15.6. The number of benzene rings is 2. The molecule has 1 aliphatic heterocycles. The average molecular weight is 409 g/mol. The molecule has 146 valence electrons. The minimum atomic E-state index is -0.0779. The van der Waals surface area contributed by atoms with Crippen molar-refractivity contribution in [2.24, 2.45) is 0 Å². The second kappa shape index (κ2) is 7.35. The molecule has 2 aromatic heterocycles. The molecular weight excluding hydrogens is 392 g/mol. The Morgan fingerprint density at radius 3 is 2.79 bits per heavy atom. The highest BCUT2D eigenvalue weighted by molar-refractivity contribution is 6.30. The Morgan fingerprint density at radius 1 is 1.14 bits per heavy atom. The van der Waals surface area contributed by atoms with Crippen LogP contribution in [0.15, 0.2) is 59.1 Å². The van der Waals surface area contributed by atoms with Crippen molar-refractivity contribution in [3.8, 4) is 28.7 Å². The van der Waals surface area contributed by atoms with Gasteiger partial charge in [0.1, 0.15) is 11.9 Å². The summed E-state index contributed by atoms with van der Waals surface area (Å²) in [5.74, 6) is 1.65.